The highest BCUT2D eigenvalue weighted by Crippen LogP contribution is 2.07. The molecule has 20 heavy (non-hydrogen) atoms. The molecule has 0 spiro atoms. The van der Waals surface area contributed by atoms with E-state index in [2.05, 4.69) is 15.5 Å². The van der Waals surface area contributed by atoms with E-state index < -0.39 is 18.0 Å². The zero-order valence-electron chi connectivity index (χ0n) is 11.0. The fourth-order valence-corrected chi connectivity index (χ4v) is 1.88. The van der Waals surface area contributed by atoms with Gasteiger partial charge < -0.3 is 24.6 Å². The molecule has 0 aromatic carbocycles. The van der Waals surface area contributed by atoms with Crippen LogP contribution in [0.2, 0.25) is 0 Å². The molecule has 1 atom stereocenters. The van der Waals surface area contributed by atoms with Crippen molar-refractivity contribution >= 4 is 12.0 Å². The summed E-state index contributed by atoms with van der Waals surface area (Å²) in [5, 5.41) is 15.4. The van der Waals surface area contributed by atoms with Gasteiger partial charge in [-0.3, -0.25) is 0 Å². The first-order valence-electron chi connectivity index (χ1n) is 6.22. The van der Waals surface area contributed by atoms with Gasteiger partial charge in [-0.15, -0.1) is 0 Å². The van der Waals surface area contributed by atoms with Crippen LogP contribution in [0.25, 0.3) is 0 Å². The number of carboxylic acids is 1. The summed E-state index contributed by atoms with van der Waals surface area (Å²) in [6.07, 6.45) is 0.422. The average Bonchev–Trinajstić information content (AvgIpc) is 2.84. The fraction of sp³-hybridized carbons (Fsp3) is 0.636. The first kappa shape index (κ1) is 14.3. The second-order valence-corrected chi connectivity index (χ2v) is 4.33. The Labute approximate surface area is 114 Å². The molecule has 1 saturated heterocycles. The zero-order valence-corrected chi connectivity index (χ0v) is 11.0. The van der Waals surface area contributed by atoms with Crippen molar-refractivity contribution in [3.05, 3.63) is 11.7 Å². The van der Waals surface area contributed by atoms with Crippen LogP contribution in [0.4, 0.5) is 4.79 Å². The van der Waals surface area contributed by atoms with E-state index in [0.29, 0.717) is 31.3 Å². The lowest BCUT2D eigenvalue weighted by atomic mass is 10.2. The molecule has 1 unspecified atom stereocenters. The van der Waals surface area contributed by atoms with E-state index >= 15 is 0 Å². The number of carbonyl (C=O) groups excluding carboxylic acids is 1. The summed E-state index contributed by atoms with van der Waals surface area (Å²) in [6.45, 7) is 2.58. The van der Waals surface area contributed by atoms with Gasteiger partial charge in [0.2, 0.25) is 5.89 Å². The van der Waals surface area contributed by atoms with Crippen LogP contribution >= 0.6 is 0 Å². The number of aryl methyl sites for hydroxylation is 1. The van der Waals surface area contributed by atoms with Crippen LogP contribution in [0, 0.1) is 6.92 Å². The molecule has 1 aliphatic rings. The normalized spacial score (nSPS) is 18.9. The van der Waals surface area contributed by atoms with Crippen molar-refractivity contribution in [2.24, 2.45) is 0 Å². The molecule has 2 heterocycles. The minimum absolute atomic E-state index is 0.00674. The predicted octanol–water partition coefficient (Wildman–Crippen LogP) is -0.584. The number of hydrogen-bond donors (Lipinski definition) is 2. The summed E-state index contributed by atoms with van der Waals surface area (Å²) in [5.41, 5.74) is 0. The van der Waals surface area contributed by atoms with Crippen LogP contribution in [0.5, 0.6) is 0 Å². The Morgan fingerprint density at radius 3 is 3.00 bits per heavy atom. The van der Waals surface area contributed by atoms with E-state index in [1.54, 1.807) is 6.92 Å². The molecule has 1 aromatic heterocycles. The lowest BCUT2D eigenvalue weighted by molar-refractivity contribution is -0.147. The molecule has 1 aliphatic heterocycles. The molecular formula is C11H16N4O5. The number of carbonyl (C=O) groups is 2. The lowest BCUT2D eigenvalue weighted by Crippen LogP contribution is -2.55. The van der Waals surface area contributed by atoms with Gasteiger partial charge in [0.25, 0.3) is 0 Å². The minimum atomic E-state index is -1.08. The Hall–Kier alpha value is -2.16. The smallest absolute Gasteiger partial charge is 0.328 e. The third kappa shape index (κ3) is 3.44. The summed E-state index contributed by atoms with van der Waals surface area (Å²) in [7, 11) is 0. The number of nitrogens with zero attached hydrogens (tertiary/aromatic N) is 3. The number of aliphatic carboxylic acids is 1. The molecule has 0 aliphatic carbocycles. The van der Waals surface area contributed by atoms with E-state index in [9.17, 15) is 9.59 Å². The van der Waals surface area contributed by atoms with Crippen molar-refractivity contribution in [3.8, 4) is 0 Å². The van der Waals surface area contributed by atoms with Crippen LogP contribution in [0.3, 0.4) is 0 Å². The molecule has 110 valence electrons. The summed E-state index contributed by atoms with van der Waals surface area (Å²) in [5.74, 6) is -0.112. The number of urea groups is 1. The van der Waals surface area contributed by atoms with E-state index in [-0.39, 0.29) is 13.2 Å². The first-order chi connectivity index (χ1) is 9.58. The molecule has 1 fully saturated rings. The van der Waals surface area contributed by atoms with Gasteiger partial charge >= 0.3 is 12.0 Å². The van der Waals surface area contributed by atoms with Crippen molar-refractivity contribution in [1.29, 1.82) is 0 Å². The molecule has 2 rings (SSSR count). The maximum Gasteiger partial charge on any atom is 0.328 e. The Balaban J connectivity index is 1.82. The highest BCUT2D eigenvalue weighted by Gasteiger charge is 2.32. The van der Waals surface area contributed by atoms with Crippen molar-refractivity contribution in [1.82, 2.24) is 20.4 Å². The van der Waals surface area contributed by atoms with Crippen LogP contribution in [0.1, 0.15) is 11.7 Å². The van der Waals surface area contributed by atoms with Crippen LogP contribution in [-0.2, 0) is 16.0 Å². The van der Waals surface area contributed by atoms with Gasteiger partial charge in [-0.25, -0.2) is 9.59 Å². The second kappa shape index (κ2) is 6.33. The predicted molar refractivity (Wildman–Crippen MR) is 65.1 cm³/mol. The zero-order chi connectivity index (χ0) is 14.5. The van der Waals surface area contributed by atoms with Gasteiger partial charge in [-0.2, -0.15) is 4.98 Å². The molecular weight excluding hydrogens is 268 g/mol. The number of carboxylic acid groups (broad SMARTS) is 1. The van der Waals surface area contributed by atoms with Crippen LogP contribution < -0.4 is 5.32 Å². The average molecular weight is 284 g/mol. The lowest BCUT2D eigenvalue weighted by Gasteiger charge is -2.32. The third-order valence-corrected chi connectivity index (χ3v) is 2.87. The SMILES string of the molecule is Cc1nc(CCNC(=O)N2CCOCC2C(=O)O)no1. The monoisotopic (exact) mass is 284 g/mol. The second-order valence-electron chi connectivity index (χ2n) is 4.33. The Morgan fingerprint density at radius 1 is 1.55 bits per heavy atom. The standard InChI is InChI=1S/C11H16N4O5/c1-7-13-9(14-20-7)2-3-12-11(18)15-4-5-19-6-8(15)10(16)17/h8H,2-6H2,1H3,(H,12,18)(H,16,17). The molecule has 0 saturated carbocycles. The Bertz CT molecular complexity index is 489. The number of ether oxygens (including phenoxy) is 1. The number of aromatic nitrogens is 2. The van der Waals surface area contributed by atoms with Crippen LogP contribution in [0.15, 0.2) is 4.52 Å². The largest absolute Gasteiger partial charge is 0.480 e. The highest BCUT2D eigenvalue weighted by atomic mass is 16.5. The number of morpholine rings is 1. The molecule has 0 bridgehead atoms. The third-order valence-electron chi connectivity index (χ3n) is 2.87. The van der Waals surface area contributed by atoms with Gasteiger partial charge in [0.15, 0.2) is 11.9 Å². The maximum atomic E-state index is 11.9. The molecule has 2 N–H and O–H groups in total. The van der Waals surface area contributed by atoms with Gasteiger partial charge in [0.1, 0.15) is 0 Å². The van der Waals surface area contributed by atoms with E-state index in [1.807, 2.05) is 0 Å². The number of nitrogens with one attached hydrogen (secondary N) is 1. The molecule has 1 aromatic rings. The van der Waals surface area contributed by atoms with Gasteiger partial charge in [-0.1, -0.05) is 5.16 Å². The minimum Gasteiger partial charge on any atom is -0.480 e. The van der Waals surface area contributed by atoms with E-state index in [0.717, 1.165) is 0 Å². The summed E-state index contributed by atoms with van der Waals surface area (Å²) in [6, 6.07) is -1.38. The highest BCUT2D eigenvalue weighted by molar-refractivity contribution is 5.82. The topological polar surface area (TPSA) is 118 Å². The summed E-state index contributed by atoms with van der Waals surface area (Å²) < 4.78 is 9.87. The van der Waals surface area contributed by atoms with Gasteiger partial charge in [0, 0.05) is 26.4 Å². The number of amides is 2. The molecule has 0 radical (unpaired) electrons. The van der Waals surface area contributed by atoms with Gasteiger partial charge in [0.05, 0.1) is 13.2 Å². The number of hydrogen-bond acceptors (Lipinski definition) is 6. The Kier molecular flexibility index (Phi) is 4.51. The van der Waals surface area contributed by atoms with E-state index in [1.165, 1.54) is 4.90 Å². The molecule has 9 nitrogen and oxygen atoms in total. The van der Waals surface area contributed by atoms with Crippen molar-refractivity contribution < 1.29 is 24.0 Å². The van der Waals surface area contributed by atoms with Crippen molar-refractivity contribution in [3.63, 3.8) is 0 Å². The number of rotatable bonds is 4. The van der Waals surface area contributed by atoms with E-state index in [4.69, 9.17) is 14.4 Å². The fourth-order valence-electron chi connectivity index (χ4n) is 1.88. The molecule has 9 heteroatoms. The summed E-state index contributed by atoms with van der Waals surface area (Å²) >= 11 is 0. The van der Waals surface area contributed by atoms with Gasteiger partial charge in [-0.05, 0) is 0 Å². The Morgan fingerprint density at radius 2 is 2.35 bits per heavy atom. The van der Waals surface area contributed by atoms with Crippen LogP contribution in [-0.4, -0.2) is 64.5 Å². The van der Waals surface area contributed by atoms with Crippen molar-refractivity contribution in [2.75, 3.05) is 26.3 Å². The maximum absolute atomic E-state index is 11.9. The van der Waals surface area contributed by atoms with Crippen molar-refractivity contribution in [2.45, 2.75) is 19.4 Å². The molecule has 2 amide bonds. The first-order valence-corrected chi connectivity index (χ1v) is 6.22. The quantitative estimate of drug-likeness (QED) is 0.759. The summed E-state index contributed by atoms with van der Waals surface area (Å²) in [4.78, 5) is 28.2.